The summed E-state index contributed by atoms with van der Waals surface area (Å²) in [7, 11) is 3.36. The molecule has 2 aromatic rings. The minimum absolute atomic E-state index is 0.0124. The zero-order chi connectivity index (χ0) is 15.4. The molecule has 0 aromatic heterocycles. The minimum Gasteiger partial charge on any atom is -0.497 e. The number of anilines is 2. The van der Waals surface area contributed by atoms with Crippen molar-refractivity contribution in [3.63, 3.8) is 0 Å². The molecule has 6 heteroatoms. The first-order chi connectivity index (χ1) is 10.1. The second-order valence-corrected chi connectivity index (χ2v) is 4.40. The van der Waals surface area contributed by atoms with Gasteiger partial charge < -0.3 is 20.6 Å². The molecule has 0 aliphatic rings. The normalized spacial score (nSPS) is 11.3. The Morgan fingerprint density at radius 3 is 2.48 bits per heavy atom. The van der Waals surface area contributed by atoms with Crippen molar-refractivity contribution in [2.75, 3.05) is 19.1 Å². The van der Waals surface area contributed by atoms with Crippen LogP contribution in [0.3, 0.4) is 0 Å². The van der Waals surface area contributed by atoms with Gasteiger partial charge in [-0.05, 0) is 36.4 Å². The fourth-order valence-corrected chi connectivity index (χ4v) is 1.99. The highest BCUT2D eigenvalue weighted by molar-refractivity contribution is 6.03. The average molecular weight is 289 g/mol. The van der Waals surface area contributed by atoms with Gasteiger partial charge in [0.1, 0.15) is 11.6 Å². The van der Waals surface area contributed by atoms with Gasteiger partial charge in [-0.3, -0.25) is 0 Å². The van der Waals surface area contributed by atoms with Gasteiger partial charge in [0.15, 0.2) is 5.84 Å². The first-order valence-corrected chi connectivity index (χ1v) is 6.22. The number of halogens is 1. The maximum absolute atomic E-state index is 13.0. The predicted octanol–water partition coefficient (Wildman–Crippen LogP) is 2.70. The summed E-state index contributed by atoms with van der Waals surface area (Å²) in [5.41, 5.74) is 7.68. The second kappa shape index (κ2) is 6.13. The quantitative estimate of drug-likeness (QED) is 0.393. The molecule has 110 valence electrons. The van der Waals surface area contributed by atoms with E-state index < -0.39 is 0 Å². The lowest BCUT2D eigenvalue weighted by Crippen LogP contribution is -2.19. The predicted molar refractivity (Wildman–Crippen MR) is 80.0 cm³/mol. The van der Waals surface area contributed by atoms with Crippen LogP contribution in [0.1, 0.15) is 5.56 Å². The monoisotopic (exact) mass is 289 g/mol. The first kappa shape index (κ1) is 14.6. The summed E-state index contributed by atoms with van der Waals surface area (Å²) in [6.45, 7) is 0. The highest BCUT2D eigenvalue weighted by Crippen LogP contribution is 2.30. The molecule has 0 amide bonds. The van der Waals surface area contributed by atoms with Crippen LogP contribution in [0.5, 0.6) is 5.75 Å². The third kappa shape index (κ3) is 3.05. The van der Waals surface area contributed by atoms with Gasteiger partial charge >= 0.3 is 0 Å². The van der Waals surface area contributed by atoms with Gasteiger partial charge in [-0.15, -0.1) is 0 Å². The standard InChI is InChI=1S/C15H16FN3O2/c1-19(11-5-3-10(16)4-6-11)14-9-12(21-2)7-8-13(14)15(17)18-20/h3-9,20H,1-2H3,(H2,17,18). The van der Waals surface area contributed by atoms with Crippen LogP contribution in [0.4, 0.5) is 15.8 Å². The number of hydrogen-bond acceptors (Lipinski definition) is 4. The zero-order valence-electron chi connectivity index (χ0n) is 11.7. The number of oxime groups is 1. The molecule has 0 fully saturated rings. The van der Waals surface area contributed by atoms with Crippen molar-refractivity contribution in [1.29, 1.82) is 0 Å². The van der Waals surface area contributed by atoms with Crippen molar-refractivity contribution < 1.29 is 14.3 Å². The Hall–Kier alpha value is -2.76. The van der Waals surface area contributed by atoms with Gasteiger partial charge in [-0.1, -0.05) is 5.16 Å². The Morgan fingerprint density at radius 1 is 1.24 bits per heavy atom. The van der Waals surface area contributed by atoms with Crippen LogP contribution in [0, 0.1) is 5.82 Å². The molecule has 3 N–H and O–H groups in total. The van der Waals surface area contributed by atoms with E-state index in [0.29, 0.717) is 17.0 Å². The largest absolute Gasteiger partial charge is 0.497 e. The Labute approximate surface area is 122 Å². The third-order valence-corrected chi connectivity index (χ3v) is 3.16. The summed E-state index contributed by atoms with van der Waals surface area (Å²) in [6.07, 6.45) is 0. The van der Waals surface area contributed by atoms with E-state index in [1.165, 1.54) is 12.1 Å². The highest BCUT2D eigenvalue weighted by atomic mass is 19.1. The van der Waals surface area contributed by atoms with Crippen LogP contribution in [0.2, 0.25) is 0 Å². The summed E-state index contributed by atoms with van der Waals surface area (Å²) in [4.78, 5) is 1.80. The third-order valence-electron chi connectivity index (χ3n) is 3.16. The first-order valence-electron chi connectivity index (χ1n) is 6.22. The topological polar surface area (TPSA) is 71.1 Å². The summed E-state index contributed by atoms with van der Waals surface area (Å²) >= 11 is 0. The smallest absolute Gasteiger partial charge is 0.172 e. The molecule has 0 heterocycles. The molecule has 0 saturated carbocycles. The van der Waals surface area contributed by atoms with Gasteiger partial charge in [0.2, 0.25) is 0 Å². The zero-order valence-corrected chi connectivity index (χ0v) is 11.7. The number of ether oxygens (including phenoxy) is 1. The van der Waals surface area contributed by atoms with Crippen molar-refractivity contribution in [2.24, 2.45) is 10.9 Å². The molecule has 0 spiro atoms. The molecule has 0 radical (unpaired) electrons. The highest BCUT2D eigenvalue weighted by Gasteiger charge is 2.14. The van der Waals surface area contributed by atoms with Crippen LogP contribution < -0.4 is 15.4 Å². The molecule has 0 aliphatic carbocycles. The number of rotatable bonds is 4. The number of methoxy groups -OCH3 is 1. The lowest BCUT2D eigenvalue weighted by Gasteiger charge is -2.23. The summed E-state index contributed by atoms with van der Waals surface area (Å²) in [5, 5.41) is 11.9. The lowest BCUT2D eigenvalue weighted by atomic mass is 10.1. The molecule has 21 heavy (non-hydrogen) atoms. The molecular formula is C15H16FN3O2. The van der Waals surface area contributed by atoms with Crippen molar-refractivity contribution >= 4 is 17.2 Å². The number of amidine groups is 1. The Kier molecular flexibility index (Phi) is 4.27. The number of benzene rings is 2. The average Bonchev–Trinajstić information content (AvgIpc) is 2.53. The second-order valence-electron chi connectivity index (χ2n) is 4.40. The Morgan fingerprint density at radius 2 is 1.90 bits per heavy atom. The minimum atomic E-state index is -0.311. The van der Waals surface area contributed by atoms with Crippen LogP contribution in [-0.4, -0.2) is 25.2 Å². The van der Waals surface area contributed by atoms with Gasteiger partial charge in [-0.2, -0.15) is 0 Å². The van der Waals surface area contributed by atoms with Crippen LogP contribution in [-0.2, 0) is 0 Å². The van der Waals surface area contributed by atoms with Gasteiger partial charge in [0, 0.05) is 24.4 Å². The lowest BCUT2D eigenvalue weighted by molar-refractivity contribution is 0.318. The molecule has 2 rings (SSSR count). The van der Waals surface area contributed by atoms with E-state index in [2.05, 4.69) is 5.16 Å². The maximum Gasteiger partial charge on any atom is 0.172 e. The molecule has 0 atom stereocenters. The van der Waals surface area contributed by atoms with E-state index >= 15 is 0 Å². The van der Waals surface area contributed by atoms with E-state index in [4.69, 9.17) is 15.7 Å². The molecule has 2 aromatic carbocycles. The van der Waals surface area contributed by atoms with Gasteiger partial charge in [0.25, 0.3) is 0 Å². The van der Waals surface area contributed by atoms with Crippen molar-refractivity contribution in [1.82, 2.24) is 0 Å². The van der Waals surface area contributed by atoms with E-state index in [1.807, 2.05) is 0 Å². The Bertz CT molecular complexity index is 656. The summed E-state index contributed by atoms with van der Waals surface area (Å²) < 4.78 is 18.2. The fourth-order valence-electron chi connectivity index (χ4n) is 1.99. The Balaban J connectivity index is 2.51. The molecule has 0 bridgehead atoms. The molecule has 0 saturated heterocycles. The van der Waals surface area contributed by atoms with Crippen LogP contribution in [0.25, 0.3) is 0 Å². The molecule has 0 aliphatic heterocycles. The van der Waals surface area contributed by atoms with E-state index in [1.54, 1.807) is 49.4 Å². The fraction of sp³-hybridized carbons (Fsp3) is 0.133. The SMILES string of the molecule is COc1ccc(/C(N)=N/O)c(N(C)c2ccc(F)cc2)c1. The van der Waals surface area contributed by atoms with Crippen LogP contribution in [0.15, 0.2) is 47.6 Å². The molecule has 5 nitrogen and oxygen atoms in total. The molecular weight excluding hydrogens is 273 g/mol. The molecule has 0 unspecified atom stereocenters. The van der Waals surface area contributed by atoms with Crippen molar-refractivity contribution in [3.05, 3.63) is 53.8 Å². The van der Waals surface area contributed by atoms with E-state index in [0.717, 1.165) is 5.69 Å². The summed E-state index contributed by atoms with van der Waals surface area (Å²) in [5.74, 6) is 0.310. The van der Waals surface area contributed by atoms with Gasteiger partial charge in [-0.25, -0.2) is 4.39 Å². The van der Waals surface area contributed by atoms with Crippen molar-refractivity contribution in [3.8, 4) is 5.75 Å². The number of hydrogen-bond donors (Lipinski definition) is 2. The maximum atomic E-state index is 13.0. The summed E-state index contributed by atoms with van der Waals surface area (Å²) in [6, 6.07) is 11.2. The van der Waals surface area contributed by atoms with Crippen molar-refractivity contribution in [2.45, 2.75) is 0 Å². The number of nitrogens with zero attached hydrogens (tertiary/aromatic N) is 2. The number of nitrogens with two attached hydrogens (primary N) is 1. The van der Waals surface area contributed by atoms with E-state index in [-0.39, 0.29) is 11.7 Å². The van der Waals surface area contributed by atoms with E-state index in [9.17, 15) is 4.39 Å². The van der Waals surface area contributed by atoms with Gasteiger partial charge in [0.05, 0.1) is 12.8 Å². The van der Waals surface area contributed by atoms with Crippen LogP contribution >= 0.6 is 0 Å².